The molecule has 0 spiro atoms. The number of ether oxygens (including phenoxy) is 1. The van der Waals surface area contributed by atoms with Crippen LogP contribution in [-0.2, 0) is 16.1 Å². The molecule has 0 aromatic heterocycles. The maximum absolute atomic E-state index is 12.4. The molecule has 9 heteroatoms. The van der Waals surface area contributed by atoms with Gasteiger partial charge in [0.15, 0.2) is 0 Å². The fourth-order valence-electron chi connectivity index (χ4n) is 3.81. The largest absolute Gasteiger partial charge is 0.391 e. The molecule has 1 aliphatic heterocycles. The number of carbonyl (C=O) groups is 2. The number of rotatable bonds is 11. The van der Waals surface area contributed by atoms with Crippen molar-refractivity contribution in [2.45, 2.75) is 32.0 Å². The van der Waals surface area contributed by atoms with Crippen LogP contribution in [0.1, 0.15) is 29.3 Å². The Bertz CT molecular complexity index is 912. The number of benzene rings is 2. The van der Waals surface area contributed by atoms with Crippen molar-refractivity contribution >= 4 is 11.8 Å². The Morgan fingerprint density at radius 2 is 1.65 bits per heavy atom. The van der Waals surface area contributed by atoms with Gasteiger partial charge in [-0.3, -0.25) is 19.7 Å². The minimum Gasteiger partial charge on any atom is -0.391 e. The Morgan fingerprint density at radius 1 is 1.03 bits per heavy atom. The van der Waals surface area contributed by atoms with Crippen LogP contribution in [0.5, 0.6) is 0 Å². The summed E-state index contributed by atoms with van der Waals surface area (Å²) in [4.78, 5) is 26.5. The number of aliphatic hydroxyl groups excluding tert-OH is 1. The van der Waals surface area contributed by atoms with E-state index in [1.807, 2.05) is 12.1 Å². The smallest absolute Gasteiger partial charge is 0.268 e. The van der Waals surface area contributed by atoms with E-state index in [0.29, 0.717) is 5.56 Å². The third-order valence-electron chi connectivity index (χ3n) is 5.86. The van der Waals surface area contributed by atoms with Gasteiger partial charge in [-0.1, -0.05) is 36.4 Å². The van der Waals surface area contributed by atoms with Crippen LogP contribution in [0, 0.1) is 0 Å². The number of nitrogens with one attached hydrogen (secondary N) is 3. The summed E-state index contributed by atoms with van der Waals surface area (Å²) in [5, 5.41) is 24.3. The molecule has 34 heavy (non-hydrogen) atoms. The molecule has 2 aromatic carbocycles. The number of carbonyl (C=O) groups excluding carboxylic acids is 2. The monoisotopic (exact) mass is 470 g/mol. The number of hydrogen-bond acceptors (Lipinski definition) is 7. The van der Waals surface area contributed by atoms with Crippen molar-refractivity contribution in [3.05, 3.63) is 59.7 Å². The Morgan fingerprint density at radius 3 is 2.24 bits per heavy atom. The second kappa shape index (κ2) is 13.2. The molecule has 0 unspecified atom stereocenters. The summed E-state index contributed by atoms with van der Waals surface area (Å²) >= 11 is 0. The highest BCUT2D eigenvalue weighted by molar-refractivity contribution is 5.97. The van der Waals surface area contributed by atoms with Gasteiger partial charge in [-0.2, -0.15) is 0 Å². The van der Waals surface area contributed by atoms with Crippen LogP contribution in [0.2, 0.25) is 0 Å². The second-order valence-electron chi connectivity index (χ2n) is 8.43. The predicted molar refractivity (Wildman–Crippen MR) is 128 cm³/mol. The molecule has 1 aliphatic rings. The summed E-state index contributed by atoms with van der Waals surface area (Å²) in [6, 6.07) is 14.0. The minimum atomic E-state index is -1.25. The van der Waals surface area contributed by atoms with E-state index < -0.39 is 24.0 Å². The molecule has 1 heterocycles. The van der Waals surface area contributed by atoms with Gasteiger partial charge in [-0.05, 0) is 55.3 Å². The molecule has 3 rings (SSSR count). The Balaban J connectivity index is 1.46. The molecule has 0 radical (unpaired) electrons. The summed E-state index contributed by atoms with van der Waals surface area (Å²) in [7, 11) is 0. The van der Waals surface area contributed by atoms with E-state index in [0.717, 1.165) is 63.5 Å². The number of hydroxylamine groups is 1. The van der Waals surface area contributed by atoms with Gasteiger partial charge in [-0.25, -0.2) is 5.48 Å². The van der Waals surface area contributed by atoms with E-state index in [4.69, 9.17) is 9.94 Å². The first-order valence-electron chi connectivity index (χ1n) is 11.6. The van der Waals surface area contributed by atoms with Gasteiger partial charge in [0.1, 0.15) is 6.04 Å². The maximum Gasteiger partial charge on any atom is 0.268 e. The van der Waals surface area contributed by atoms with Crippen LogP contribution in [0.3, 0.4) is 0 Å². The highest BCUT2D eigenvalue weighted by atomic mass is 16.5. The van der Waals surface area contributed by atoms with Crippen LogP contribution in [0.15, 0.2) is 48.5 Å². The van der Waals surface area contributed by atoms with Crippen LogP contribution in [0.4, 0.5) is 0 Å². The van der Waals surface area contributed by atoms with Crippen molar-refractivity contribution in [1.82, 2.24) is 21.0 Å². The fraction of sp³-hybridized carbons (Fsp3) is 0.440. The van der Waals surface area contributed by atoms with Crippen molar-refractivity contribution in [2.24, 2.45) is 0 Å². The average Bonchev–Trinajstić information content (AvgIpc) is 2.87. The van der Waals surface area contributed by atoms with Crippen LogP contribution >= 0.6 is 0 Å². The zero-order valence-electron chi connectivity index (χ0n) is 19.5. The molecular weight excluding hydrogens is 436 g/mol. The standard InChI is InChI=1S/C25H34N4O5/c1-18(30)23(25(32)28-33)27-24(31)22-9-7-21(8-10-22)20-5-3-19(4-6-20)17-26-11-2-12-29-13-15-34-16-14-29/h3-10,18,23,26,30,33H,2,11-17H2,1H3,(H,27,31)(H,28,32)/t18-,23+/m1/s1. The van der Waals surface area contributed by atoms with Gasteiger partial charge in [0.05, 0.1) is 19.3 Å². The number of hydrogen-bond donors (Lipinski definition) is 5. The third kappa shape index (κ3) is 7.61. The van der Waals surface area contributed by atoms with E-state index in [2.05, 4.69) is 39.8 Å². The number of aliphatic hydroxyl groups is 1. The van der Waals surface area contributed by atoms with Gasteiger partial charge >= 0.3 is 0 Å². The van der Waals surface area contributed by atoms with Gasteiger partial charge in [0.2, 0.25) is 0 Å². The van der Waals surface area contributed by atoms with Gasteiger partial charge in [0.25, 0.3) is 11.8 Å². The molecule has 1 fully saturated rings. The molecule has 2 amide bonds. The molecule has 184 valence electrons. The zero-order valence-corrected chi connectivity index (χ0v) is 19.5. The summed E-state index contributed by atoms with van der Waals surface area (Å²) in [5.74, 6) is -1.40. The second-order valence-corrected chi connectivity index (χ2v) is 8.43. The van der Waals surface area contributed by atoms with E-state index in [1.54, 1.807) is 12.1 Å². The normalized spacial score (nSPS) is 16.0. The van der Waals surface area contributed by atoms with Crippen molar-refractivity contribution in [3.8, 4) is 11.1 Å². The molecule has 2 atom stereocenters. The van der Waals surface area contributed by atoms with Crippen molar-refractivity contribution < 1.29 is 24.6 Å². The molecule has 2 aromatic rings. The zero-order chi connectivity index (χ0) is 24.3. The third-order valence-corrected chi connectivity index (χ3v) is 5.86. The Kier molecular flexibility index (Phi) is 9.99. The van der Waals surface area contributed by atoms with Crippen molar-refractivity contribution in [1.29, 1.82) is 0 Å². The lowest BCUT2D eigenvalue weighted by Gasteiger charge is -2.26. The highest BCUT2D eigenvalue weighted by Crippen LogP contribution is 2.20. The summed E-state index contributed by atoms with van der Waals surface area (Å²) in [6.45, 7) is 7.95. The summed E-state index contributed by atoms with van der Waals surface area (Å²) in [6.07, 6.45) is -0.0474. The first-order chi connectivity index (χ1) is 16.5. The summed E-state index contributed by atoms with van der Waals surface area (Å²) in [5.41, 5.74) is 4.99. The van der Waals surface area contributed by atoms with E-state index in [1.165, 1.54) is 18.0 Å². The van der Waals surface area contributed by atoms with E-state index in [9.17, 15) is 14.7 Å². The lowest BCUT2D eigenvalue weighted by Crippen LogP contribution is -2.51. The van der Waals surface area contributed by atoms with Crippen LogP contribution < -0.4 is 16.1 Å². The lowest BCUT2D eigenvalue weighted by molar-refractivity contribution is -0.133. The van der Waals surface area contributed by atoms with Gasteiger partial charge < -0.3 is 20.5 Å². The van der Waals surface area contributed by atoms with E-state index >= 15 is 0 Å². The number of nitrogens with zero attached hydrogens (tertiary/aromatic N) is 1. The average molecular weight is 471 g/mol. The fourth-order valence-corrected chi connectivity index (χ4v) is 3.81. The van der Waals surface area contributed by atoms with Crippen LogP contribution in [0.25, 0.3) is 11.1 Å². The first kappa shape index (κ1) is 25.8. The molecule has 5 N–H and O–H groups in total. The number of amides is 2. The molecule has 9 nitrogen and oxygen atoms in total. The highest BCUT2D eigenvalue weighted by Gasteiger charge is 2.25. The minimum absolute atomic E-state index is 0.345. The Hall–Kier alpha value is -2.82. The predicted octanol–water partition coefficient (Wildman–Crippen LogP) is 1.15. The SMILES string of the molecule is C[C@@H](O)[C@H](NC(=O)c1ccc(-c2ccc(CNCCCN3CCOCC3)cc2)cc1)C(=O)NO. The molecule has 0 aliphatic carbocycles. The molecule has 0 saturated carbocycles. The maximum atomic E-state index is 12.4. The van der Waals surface area contributed by atoms with Crippen molar-refractivity contribution in [2.75, 3.05) is 39.4 Å². The summed E-state index contributed by atoms with van der Waals surface area (Å²) < 4.78 is 5.37. The quantitative estimate of drug-likeness (QED) is 0.190. The van der Waals surface area contributed by atoms with E-state index in [-0.39, 0.29) is 0 Å². The van der Waals surface area contributed by atoms with Gasteiger partial charge in [0, 0.05) is 25.2 Å². The lowest BCUT2D eigenvalue weighted by atomic mass is 10.0. The molecule has 1 saturated heterocycles. The topological polar surface area (TPSA) is 123 Å². The number of morpholine rings is 1. The molecule has 0 bridgehead atoms. The molecular formula is C25H34N4O5. The van der Waals surface area contributed by atoms with Crippen LogP contribution in [-0.4, -0.2) is 78.6 Å². The van der Waals surface area contributed by atoms with Gasteiger partial charge in [-0.15, -0.1) is 0 Å². The van der Waals surface area contributed by atoms with Crippen molar-refractivity contribution in [3.63, 3.8) is 0 Å². The first-order valence-corrected chi connectivity index (χ1v) is 11.6. The Labute approximate surface area is 200 Å².